The van der Waals surface area contributed by atoms with Gasteiger partial charge in [0.2, 0.25) is 0 Å². The topological polar surface area (TPSA) is 58.5 Å². The van der Waals surface area contributed by atoms with Crippen LogP contribution in [0.25, 0.3) is 0 Å². The van der Waals surface area contributed by atoms with Crippen LogP contribution < -0.4 is 15.4 Å². The molecule has 0 fully saturated rings. The van der Waals surface area contributed by atoms with Crippen molar-refractivity contribution < 1.29 is 4.74 Å². The Kier molecular flexibility index (Phi) is 12.0. The van der Waals surface area contributed by atoms with Gasteiger partial charge in [0, 0.05) is 19.3 Å². The van der Waals surface area contributed by atoms with Gasteiger partial charge >= 0.3 is 0 Å². The Bertz CT molecular complexity index is 385. The maximum absolute atomic E-state index is 5.57. The first kappa shape index (κ1) is 19.9. The molecule has 5 nitrogen and oxygen atoms in total. The molecule has 1 aromatic heterocycles. The summed E-state index contributed by atoms with van der Waals surface area (Å²) in [7, 11) is 0. The van der Waals surface area contributed by atoms with Gasteiger partial charge in [0.15, 0.2) is 5.96 Å². The molecule has 0 bridgehead atoms. The quantitative estimate of drug-likeness (QED) is 0.302. The van der Waals surface area contributed by atoms with E-state index in [0.29, 0.717) is 19.1 Å². The molecule has 0 aliphatic heterocycles. The molecule has 0 amide bonds. The van der Waals surface area contributed by atoms with Gasteiger partial charge in [-0.25, -0.2) is 0 Å². The van der Waals surface area contributed by atoms with Gasteiger partial charge < -0.3 is 15.4 Å². The molecule has 0 radical (unpaired) electrons. The number of nitrogens with one attached hydrogen (secondary N) is 2. The predicted octanol–water partition coefficient (Wildman–Crippen LogP) is 2.68. The normalized spacial score (nSPS) is 11.0. The van der Waals surface area contributed by atoms with Crippen LogP contribution in [0, 0.1) is 5.92 Å². The van der Waals surface area contributed by atoms with Gasteiger partial charge in [-0.15, -0.1) is 24.0 Å². The van der Waals surface area contributed by atoms with Crippen molar-refractivity contribution >= 4 is 29.9 Å². The molecule has 1 aromatic rings. The number of pyridine rings is 1. The summed E-state index contributed by atoms with van der Waals surface area (Å²) in [5.41, 5.74) is 0. The lowest BCUT2D eigenvalue weighted by Crippen LogP contribution is -2.39. The maximum Gasteiger partial charge on any atom is 0.191 e. The number of aliphatic imine (C=N–C) groups is 1. The molecule has 0 atom stereocenters. The lowest BCUT2D eigenvalue weighted by atomic mass is 10.1. The third-order valence-electron chi connectivity index (χ3n) is 2.62. The second-order valence-corrected chi connectivity index (χ2v) is 4.91. The van der Waals surface area contributed by atoms with E-state index in [1.165, 1.54) is 0 Å². The predicted molar refractivity (Wildman–Crippen MR) is 98.6 cm³/mol. The van der Waals surface area contributed by atoms with Gasteiger partial charge in [-0.2, -0.15) is 0 Å². The second-order valence-electron chi connectivity index (χ2n) is 4.91. The van der Waals surface area contributed by atoms with Crippen molar-refractivity contribution in [2.45, 2.75) is 27.2 Å². The minimum atomic E-state index is 0. The second kappa shape index (κ2) is 12.7. The van der Waals surface area contributed by atoms with Crippen molar-refractivity contribution in [3.63, 3.8) is 0 Å². The highest BCUT2D eigenvalue weighted by Gasteiger charge is 1.98. The lowest BCUT2D eigenvalue weighted by Gasteiger charge is -2.12. The van der Waals surface area contributed by atoms with Gasteiger partial charge in [0.05, 0.1) is 12.7 Å². The van der Waals surface area contributed by atoms with Crippen LogP contribution in [0.1, 0.15) is 27.2 Å². The van der Waals surface area contributed by atoms with Gasteiger partial charge in [-0.1, -0.05) is 13.8 Å². The van der Waals surface area contributed by atoms with Gasteiger partial charge in [-0.3, -0.25) is 9.98 Å². The number of guanidine groups is 1. The molecule has 0 saturated heterocycles. The molecule has 0 unspecified atom stereocenters. The SMILES string of the molecule is CCNC(=NCCC(C)C)NCCOc1cccnc1.I. The molecule has 1 rings (SSSR count). The molecule has 1 heterocycles. The smallest absolute Gasteiger partial charge is 0.191 e. The zero-order valence-corrected chi connectivity index (χ0v) is 15.5. The standard InChI is InChI=1S/C15H26N4O.HI/c1-4-17-15(18-9-7-13(2)3)19-10-11-20-14-6-5-8-16-12-14;/h5-6,8,12-13H,4,7,9-11H2,1-3H3,(H2,17,18,19);1H. The Morgan fingerprint density at radius 1 is 1.38 bits per heavy atom. The minimum absolute atomic E-state index is 0. The Hall–Kier alpha value is -1.05. The van der Waals surface area contributed by atoms with Crippen LogP contribution in [-0.4, -0.2) is 37.2 Å². The fourth-order valence-corrected chi connectivity index (χ4v) is 1.55. The van der Waals surface area contributed by atoms with E-state index >= 15 is 0 Å². The first-order chi connectivity index (χ1) is 9.72. The molecule has 0 saturated carbocycles. The summed E-state index contributed by atoms with van der Waals surface area (Å²) in [6, 6.07) is 3.76. The summed E-state index contributed by atoms with van der Waals surface area (Å²) in [5, 5.41) is 6.48. The average molecular weight is 406 g/mol. The summed E-state index contributed by atoms with van der Waals surface area (Å²) < 4.78 is 5.57. The van der Waals surface area contributed by atoms with Gasteiger partial charge in [0.25, 0.3) is 0 Å². The summed E-state index contributed by atoms with van der Waals surface area (Å²) in [4.78, 5) is 8.53. The van der Waals surface area contributed by atoms with Crippen molar-refractivity contribution in [2.24, 2.45) is 10.9 Å². The van der Waals surface area contributed by atoms with E-state index in [0.717, 1.165) is 31.2 Å². The molecule has 0 aliphatic carbocycles. The van der Waals surface area contributed by atoms with Crippen molar-refractivity contribution in [3.8, 4) is 5.75 Å². The summed E-state index contributed by atoms with van der Waals surface area (Å²) in [6.07, 6.45) is 4.54. The fraction of sp³-hybridized carbons (Fsp3) is 0.600. The Labute approximate surface area is 145 Å². The van der Waals surface area contributed by atoms with Crippen LogP contribution in [0.3, 0.4) is 0 Å². The van der Waals surface area contributed by atoms with Crippen LogP contribution in [0.4, 0.5) is 0 Å². The average Bonchev–Trinajstić information content (AvgIpc) is 2.44. The number of rotatable bonds is 8. The largest absolute Gasteiger partial charge is 0.490 e. The third-order valence-corrected chi connectivity index (χ3v) is 2.62. The third kappa shape index (κ3) is 10.3. The minimum Gasteiger partial charge on any atom is -0.490 e. The summed E-state index contributed by atoms with van der Waals surface area (Å²) in [5.74, 6) is 2.31. The van der Waals surface area contributed by atoms with E-state index in [9.17, 15) is 0 Å². The fourth-order valence-electron chi connectivity index (χ4n) is 1.55. The Morgan fingerprint density at radius 2 is 2.19 bits per heavy atom. The van der Waals surface area contributed by atoms with Gasteiger partial charge in [0.1, 0.15) is 12.4 Å². The van der Waals surface area contributed by atoms with Crippen molar-refractivity contribution in [1.82, 2.24) is 15.6 Å². The lowest BCUT2D eigenvalue weighted by molar-refractivity contribution is 0.320. The van der Waals surface area contributed by atoms with Gasteiger partial charge in [-0.05, 0) is 31.4 Å². The molecule has 120 valence electrons. The van der Waals surface area contributed by atoms with Crippen LogP contribution in [-0.2, 0) is 0 Å². The summed E-state index contributed by atoms with van der Waals surface area (Å²) >= 11 is 0. The zero-order chi connectivity index (χ0) is 14.6. The highest BCUT2D eigenvalue weighted by Crippen LogP contribution is 2.04. The highest BCUT2D eigenvalue weighted by atomic mass is 127. The van der Waals surface area contributed by atoms with Crippen molar-refractivity contribution in [1.29, 1.82) is 0 Å². The summed E-state index contributed by atoms with van der Waals surface area (Å²) in [6.45, 7) is 9.47. The zero-order valence-electron chi connectivity index (χ0n) is 13.1. The molecule has 2 N–H and O–H groups in total. The molecule has 6 heteroatoms. The molecular weight excluding hydrogens is 379 g/mol. The van der Waals surface area contributed by atoms with E-state index < -0.39 is 0 Å². The van der Waals surface area contributed by atoms with E-state index in [4.69, 9.17) is 4.74 Å². The molecular formula is C15H27IN4O. The van der Waals surface area contributed by atoms with E-state index in [2.05, 4.69) is 41.4 Å². The van der Waals surface area contributed by atoms with E-state index in [1.807, 2.05) is 12.1 Å². The first-order valence-electron chi connectivity index (χ1n) is 7.27. The number of nitrogens with zero attached hydrogens (tertiary/aromatic N) is 2. The van der Waals surface area contributed by atoms with Crippen LogP contribution in [0.2, 0.25) is 0 Å². The monoisotopic (exact) mass is 406 g/mol. The molecule has 21 heavy (non-hydrogen) atoms. The van der Waals surface area contributed by atoms with E-state index in [-0.39, 0.29) is 24.0 Å². The van der Waals surface area contributed by atoms with Crippen molar-refractivity contribution in [3.05, 3.63) is 24.5 Å². The Balaban J connectivity index is 0.00000400. The molecule has 0 spiro atoms. The van der Waals surface area contributed by atoms with Crippen LogP contribution >= 0.6 is 24.0 Å². The number of halogens is 1. The van der Waals surface area contributed by atoms with Crippen LogP contribution in [0.15, 0.2) is 29.5 Å². The van der Waals surface area contributed by atoms with Crippen molar-refractivity contribution in [2.75, 3.05) is 26.2 Å². The molecule has 0 aromatic carbocycles. The highest BCUT2D eigenvalue weighted by molar-refractivity contribution is 14.0. The number of aromatic nitrogens is 1. The number of ether oxygens (including phenoxy) is 1. The number of hydrogen-bond acceptors (Lipinski definition) is 3. The molecule has 0 aliphatic rings. The maximum atomic E-state index is 5.57. The van der Waals surface area contributed by atoms with Crippen LogP contribution in [0.5, 0.6) is 5.75 Å². The van der Waals surface area contributed by atoms with E-state index in [1.54, 1.807) is 12.4 Å². The Morgan fingerprint density at radius 3 is 2.81 bits per heavy atom. The number of hydrogen-bond donors (Lipinski definition) is 2. The first-order valence-corrected chi connectivity index (χ1v) is 7.27.